The Hall–Kier alpha value is -3.68. The number of hydrogen-bond acceptors (Lipinski definition) is 6. The van der Waals surface area contributed by atoms with Crippen LogP contribution in [0.5, 0.6) is 11.5 Å². The maximum absolute atomic E-state index is 12.5. The molecule has 2 N–H and O–H groups in total. The molecule has 8 nitrogen and oxygen atoms in total. The van der Waals surface area contributed by atoms with Gasteiger partial charge in [-0.15, -0.1) is 0 Å². The van der Waals surface area contributed by atoms with Crippen molar-refractivity contribution in [1.82, 2.24) is 0 Å². The highest BCUT2D eigenvalue weighted by molar-refractivity contribution is 6.32. The van der Waals surface area contributed by atoms with Crippen LogP contribution in [0.3, 0.4) is 0 Å². The zero-order chi connectivity index (χ0) is 18.8. The molecular weight excluding hydrogens is 340 g/mol. The highest BCUT2D eigenvalue weighted by Crippen LogP contribution is 2.32. The van der Waals surface area contributed by atoms with E-state index >= 15 is 0 Å². The van der Waals surface area contributed by atoms with E-state index in [0.717, 1.165) is 0 Å². The van der Waals surface area contributed by atoms with E-state index in [1.54, 1.807) is 0 Å². The molecule has 0 spiro atoms. The van der Waals surface area contributed by atoms with E-state index in [4.69, 9.17) is 0 Å². The SMILES string of the molecule is O=C1CC(=O)N(c2ccccc2O)C(=O)CC(=O)N1c1ccccc1O. The van der Waals surface area contributed by atoms with Crippen LogP contribution < -0.4 is 9.80 Å². The normalized spacial score (nSPS) is 15.8. The Kier molecular flexibility index (Phi) is 4.40. The quantitative estimate of drug-likeness (QED) is 0.621. The summed E-state index contributed by atoms with van der Waals surface area (Å²) in [4.78, 5) is 51.2. The van der Waals surface area contributed by atoms with E-state index in [-0.39, 0.29) is 22.9 Å². The van der Waals surface area contributed by atoms with Crippen LogP contribution in [0.25, 0.3) is 0 Å². The number of phenols is 2. The molecule has 8 heteroatoms. The number of amides is 4. The lowest BCUT2D eigenvalue weighted by Gasteiger charge is -2.28. The Morgan fingerprint density at radius 3 is 1.19 bits per heavy atom. The molecule has 1 heterocycles. The molecule has 132 valence electrons. The molecule has 0 aliphatic carbocycles. The molecule has 2 aromatic carbocycles. The van der Waals surface area contributed by atoms with Crippen LogP contribution in [0.1, 0.15) is 12.8 Å². The smallest absolute Gasteiger partial charge is 0.243 e. The summed E-state index contributed by atoms with van der Waals surface area (Å²) in [5, 5.41) is 19.8. The molecule has 0 bridgehead atoms. The maximum atomic E-state index is 12.5. The molecule has 0 aromatic heterocycles. The second-order valence-electron chi connectivity index (χ2n) is 5.58. The predicted octanol–water partition coefficient (Wildman–Crippen LogP) is 1.31. The van der Waals surface area contributed by atoms with Crippen LogP contribution in [-0.2, 0) is 19.2 Å². The monoisotopic (exact) mass is 354 g/mol. The van der Waals surface area contributed by atoms with Crippen molar-refractivity contribution < 1.29 is 29.4 Å². The van der Waals surface area contributed by atoms with Gasteiger partial charge >= 0.3 is 0 Å². The topological polar surface area (TPSA) is 115 Å². The van der Waals surface area contributed by atoms with Crippen molar-refractivity contribution in [3.8, 4) is 11.5 Å². The Balaban J connectivity index is 2.00. The molecule has 1 fully saturated rings. The highest BCUT2D eigenvalue weighted by Gasteiger charge is 2.37. The van der Waals surface area contributed by atoms with Crippen molar-refractivity contribution in [3.05, 3.63) is 48.5 Å². The first kappa shape index (κ1) is 17.2. The number of phenolic OH excluding ortho intramolecular Hbond substituents is 2. The molecule has 4 amide bonds. The Morgan fingerprint density at radius 2 is 0.885 bits per heavy atom. The summed E-state index contributed by atoms with van der Waals surface area (Å²) in [5.41, 5.74) is -0.196. The molecule has 0 unspecified atom stereocenters. The van der Waals surface area contributed by atoms with E-state index in [0.29, 0.717) is 9.80 Å². The van der Waals surface area contributed by atoms with Crippen molar-refractivity contribution in [1.29, 1.82) is 0 Å². The summed E-state index contributed by atoms with van der Waals surface area (Å²) in [6, 6.07) is 11.3. The maximum Gasteiger partial charge on any atom is 0.243 e. The fourth-order valence-electron chi connectivity index (χ4n) is 2.70. The van der Waals surface area contributed by atoms with E-state index in [1.807, 2.05) is 0 Å². The highest BCUT2D eigenvalue weighted by atomic mass is 16.3. The summed E-state index contributed by atoms with van der Waals surface area (Å²) in [6.45, 7) is 0. The van der Waals surface area contributed by atoms with Gasteiger partial charge in [0.2, 0.25) is 23.6 Å². The standard InChI is InChI=1S/C18H14N2O6/c21-13-7-3-1-5-11(13)19-15(23)9-17(25)20(18(26)10-16(19)24)12-6-2-4-8-14(12)22/h1-8,21-22H,9-10H2. The number of imide groups is 2. The lowest BCUT2D eigenvalue weighted by Crippen LogP contribution is -2.49. The van der Waals surface area contributed by atoms with E-state index in [9.17, 15) is 29.4 Å². The second-order valence-corrected chi connectivity index (χ2v) is 5.58. The summed E-state index contributed by atoms with van der Waals surface area (Å²) in [7, 11) is 0. The zero-order valence-corrected chi connectivity index (χ0v) is 13.5. The third-order valence-corrected chi connectivity index (χ3v) is 3.85. The fraction of sp³-hybridized carbons (Fsp3) is 0.111. The fourth-order valence-corrected chi connectivity index (χ4v) is 2.70. The minimum atomic E-state index is -0.880. The van der Waals surface area contributed by atoms with E-state index < -0.39 is 36.5 Å². The predicted molar refractivity (Wildman–Crippen MR) is 90.4 cm³/mol. The van der Waals surface area contributed by atoms with Crippen molar-refractivity contribution in [3.63, 3.8) is 0 Å². The van der Waals surface area contributed by atoms with Gasteiger partial charge in [0, 0.05) is 0 Å². The van der Waals surface area contributed by atoms with E-state index in [2.05, 4.69) is 0 Å². The van der Waals surface area contributed by atoms with Crippen LogP contribution in [0.2, 0.25) is 0 Å². The second kappa shape index (κ2) is 6.67. The van der Waals surface area contributed by atoms with Crippen molar-refractivity contribution in [2.24, 2.45) is 0 Å². The summed E-state index contributed by atoms with van der Waals surface area (Å²) >= 11 is 0. The zero-order valence-electron chi connectivity index (χ0n) is 13.5. The van der Waals surface area contributed by atoms with Gasteiger partial charge in [-0.25, -0.2) is 9.80 Å². The molecule has 0 atom stereocenters. The van der Waals surface area contributed by atoms with E-state index in [1.165, 1.54) is 48.5 Å². The minimum Gasteiger partial charge on any atom is -0.506 e. The number of carbonyl (C=O) groups excluding carboxylic acids is 4. The number of nitrogens with zero attached hydrogens (tertiary/aromatic N) is 2. The molecule has 1 aliphatic heterocycles. The lowest BCUT2D eigenvalue weighted by molar-refractivity contribution is -0.134. The van der Waals surface area contributed by atoms with Crippen LogP contribution in [-0.4, -0.2) is 33.8 Å². The van der Waals surface area contributed by atoms with Crippen LogP contribution >= 0.6 is 0 Å². The molecule has 2 aromatic rings. The molecule has 3 rings (SSSR count). The number of anilines is 2. The minimum absolute atomic E-state index is 0.0980. The van der Waals surface area contributed by atoms with Gasteiger partial charge in [0.15, 0.2) is 0 Å². The van der Waals surface area contributed by atoms with Gasteiger partial charge < -0.3 is 10.2 Å². The van der Waals surface area contributed by atoms with Gasteiger partial charge in [0.05, 0.1) is 11.4 Å². The van der Waals surface area contributed by atoms with Gasteiger partial charge in [0.1, 0.15) is 24.3 Å². The van der Waals surface area contributed by atoms with Crippen LogP contribution in [0.15, 0.2) is 48.5 Å². The Morgan fingerprint density at radius 1 is 0.577 bits per heavy atom. The van der Waals surface area contributed by atoms with Crippen LogP contribution in [0.4, 0.5) is 11.4 Å². The number of carbonyl (C=O) groups is 4. The summed E-state index contributed by atoms with van der Waals surface area (Å²) in [6.07, 6.45) is -1.56. The molecular formula is C18H14N2O6. The average molecular weight is 354 g/mol. The number of aromatic hydroxyl groups is 2. The van der Waals surface area contributed by atoms with Crippen molar-refractivity contribution in [2.75, 3.05) is 9.80 Å². The molecule has 1 saturated heterocycles. The summed E-state index contributed by atoms with van der Waals surface area (Å²) < 4.78 is 0. The molecule has 0 saturated carbocycles. The van der Waals surface area contributed by atoms with Gasteiger partial charge in [-0.2, -0.15) is 0 Å². The van der Waals surface area contributed by atoms with Crippen molar-refractivity contribution in [2.45, 2.75) is 12.8 Å². The molecule has 26 heavy (non-hydrogen) atoms. The number of benzene rings is 2. The largest absolute Gasteiger partial charge is 0.506 e. The van der Waals surface area contributed by atoms with Crippen molar-refractivity contribution >= 4 is 35.0 Å². The van der Waals surface area contributed by atoms with Gasteiger partial charge in [-0.1, -0.05) is 24.3 Å². The lowest BCUT2D eigenvalue weighted by atomic mass is 10.1. The summed E-state index contributed by atoms with van der Waals surface area (Å²) in [5.74, 6) is -4.17. The van der Waals surface area contributed by atoms with Gasteiger partial charge in [0.25, 0.3) is 0 Å². The first-order valence-electron chi connectivity index (χ1n) is 7.67. The number of rotatable bonds is 2. The third-order valence-electron chi connectivity index (χ3n) is 3.85. The average Bonchev–Trinajstić information content (AvgIpc) is 2.58. The Labute approximate surface area is 147 Å². The third kappa shape index (κ3) is 3.00. The van der Waals surface area contributed by atoms with Crippen LogP contribution in [0, 0.1) is 0 Å². The molecule has 0 radical (unpaired) electrons. The first-order chi connectivity index (χ1) is 12.4. The Bertz CT molecular complexity index is 820. The van der Waals surface area contributed by atoms with Gasteiger partial charge in [-0.05, 0) is 24.3 Å². The molecule has 1 aliphatic rings. The number of hydrogen-bond donors (Lipinski definition) is 2. The first-order valence-corrected chi connectivity index (χ1v) is 7.67. The van der Waals surface area contributed by atoms with Gasteiger partial charge in [-0.3, -0.25) is 19.2 Å². The number of para-hydroxylation sites is 4.